The van der Waals surface area contributed by atoms with Crippen LogP contribution in [0.1, 0.15) is 32.6 Å². The van der Waals surface area contributed by atoms with Gasteiger partial charge in [0.1, 0.15) is 0 Å². The van der Waals surface area contributed by atoms with E-state index >= 15 is 0 Å². The Balaban J connectivity index is 1.88. The summed E-state index contributed by atoms with van der Waals surface area (Å²) in [5.41, 5.74) is 0.423. The molecule has 2 aliphatic rings. The minimum atomic E-state index is -0.154. The van der Waals surface area contributed by atoms with Crippen molar-refractivity contribution in [3.05, 3.63) is 0 Å². The van der Waals surface area contributed by atoms with E-state index in [9.17, 15) is 9.59 Å². The lowest BCUT2D eigenvalue weighted by molar-refractivity contribution is -0.136. The van der Waals surface area contributed by atoms with Gasteiger partial charge in [-0.25, -0.2) is 0 Å². The predicted octanol–water partition coefficient (Wildman–Crippen LogP) is 0.525. The van der Waals surface area contributed by atoms with Crippen molar-refractivity contribution >= 4 is 11.8 Å². The summed E-state index contributed by atoms with van der Waals surface area (Å²) in [4.78, 5) is 24.3. The highest BCUT2D eigenvalue weighted by Gasteiger charge is 2.43. The molecule has 2 fully saturated rings. The van der Waals surface area contributed by atoms with E-state index in [4.69, 9.17) is 0 Å². The molecule has 15 heavy (non-hydrogen) atoms. The summed E-state index contributed by atoms with van der Waals surface area (Å²) in [7, 11) is 0. The fourth-order valence-electron chi connectivity index (χ4n) is 2.48. The number of carbonyl (C=O) groups is 2. The molecule has 0 bridgehead atoms. The third-order valence-corrected chi connectivity index (χ3v) is 3.31. The maximum Gasteiger partial charge on any atom is 0.240 e. The summed E-state index contributed by atoms with van der Waals surface area (Å²) >= 11 is 0. The van der Waals surface area contributed by atoms with Gasteiger partial charge in [-0.1, -0.05) is 13.3 Å². The number of hydrogen-bond donors (Lipinski definition) is 1. The van der Waals surface area contributed by atoms with Gasteiger partial charge in [0.05, 0.1) is 13.1 Å². The van der Waals surface area contributed by atoms with Gasteiger partial charge in [0.25, 0.3) is 0 Å². The third-order valence-electron chi connectivity index (χ3n) is 3.31. The Labute approximate surface area is 90.0 Å². The smallest absolute Gasteiger partial charge is 0.240 e. The molecule has 2 amide bonds. The van der Waals surface area contributed by atoms with Gasteiger partial charge in [-0.15, -0.1) is 0 Å². The van der Waals surface area contributed by atoms with Crippen molar-refractivity contribution in [1.29, 1.82) is 0 Å². The fraction of sp³-hybridized carbons (Fsp3) is 0.818. The van der Waals surface area contributed by atoms with Gasteiger partial charge in [0.15, 0.2) is 0 Å². The van der Waals surface area contributed by atoms with E-state index < -0.39 is 0 Å². The molecule has 0 radical (unpaired) electrons. The van der Waals surface area contributed by atoms with Crippen LogP contribution < -0.4 is 5.32 Å². The zero-order chi connectivity index (χ0) is 10.9. The van der Waals surface area contributed by atoms with E-state index in [2.05, 4.69) is 12.2 Å². The van der Waals surface area contributed by atoms with Crippen LogP contribution in [-0.4, -0.2) is 36.3 Å². The highest BCUT2D eigenvalue weighted by molar-refractivity contribution is 5.99. The second kappa shape index (κ2) is 3.93. The highest BCUT2D eigenvalue weighted by atomic mass is 16.2. The maximum atomic E-state index is 11.2. The van der Waals surface area contributed by atoms with Gasteiger partial charge >= 0.3 is 0 Å². The first-order chi connectivity index (χ1) is 7.13. The van der Waals surface area contributed by atoms with Crippen LogP contribution in [0.25, 0.3) is 0 Å². The number of nitrogens with one attached hydrogen (secondary N) is 1. The van der Waals surface area contributed by atoms with Gasteiger partial charge in [0.2, 0.25) is 11.8 Å². The number of amides is 2. The number of rotatable bonds is 4. The molecule has 1 saturated carbocycles. The quantitative estimate of drug-likeness (QED) is 0.688. The molecule has 1 N–H and O–H groups in total. The molecule has 0 aromatic rings. The molecule has 4 nitrogen and oxygen atoms in total. The van der Waals surface area contributed by atoms with Crippen LogP contribution in [0.2, 0.25) is 0 Å². The number of carbonyl (C=O) groups excluding carboxylic acids is 2. The molecule has 1 saturated heterocycles. The molecule has 0 spiro atoms. The van der Waals surface area contributed by atoms with Gasteiger partial charge in [0, 0.05) is 6.54 Å². The Kier molecular flexibility index (Phi) is 2.78. The van der Waals surface area contributed by atoms with E-state index in [0.29, 0.717) is 18.5 Å². The van der Waals surface area contributed by atoms with Crippen LogP contribution in [0.4, 0.5) is 0 Å². The van der Waals surface area contributed by atoms with Crippen LogP contribution >= 0.6 is 0 Å². The lowest BCUT2D eigenvalue weighted by Crippen LogP contribution is -2.52. The SMILES string of the molecule is CCCC1(CN2CC(=O)NC(=O)C2)CC1. The van der Waals surface area contributed by atoms with Gasteiger partial charge in [-0.05, 0) is 24.7 Å². The summed E-state index contributed by atoms with van der Waals surface area (Å²) in [5.74, 6) is -0.308. The minimum absolute atomic E-state index is 0.154. The molecule has 0 aromatic carbocycles. The average Bonchev–Trinajstić information content (AvgIpc) is 2.83. The van der Waals surface area contributed by atoms with Gasteiger partial charge < -0.3 is 0 Å². The van der Waals surface area contributed by atoms with Gasteiger partial charge in [-0.2, -0.15) is 0 Å². The Morgan fingerprint density at radius 1 is 1.27 bits per heavy atom. The highest BCUT2D eigenvalue weighted by Crippen LogP contribution is 2.50. The summed E-state index contributed by atoms with van der Waals surface area (Å²) < 4.78 is 0. The van der Waals surface area contributed by atoms with Crippen molar-refractivity contribution in [2.24, 2.45) is 5.41 Å². The lowest BCUT2D eigenvalue weighted by Gasteiger charge is -2.29. The zero-order valence-electron chi connectivity index (χ0n) is 9.21. The van der Waals surface area contributed by atoms with Crippen LogP contribution in [0, 0.1) is 5.41 Å². The minimum Gasteiger partial charge on any atom is -0.294 e. The van der Waals surface area contributed by atoms with E-state index in [-0.39, 0.29) is 11.8 Å². The van der Waals surface area contributed by atoms with Crippen molar-refractivity contribution in [3.8, 4) is 0 Å². The van der Waals surface area contributed by atoms with E-state index in [1.807, 2.05) is 4.90 Å². The van der Waals surface area contributed by atoms with Crippen molar-refractivity contribution in [2.75, 3.05) is 19.6 Å². The van der Waals surface area contributed by atoms with Crippen LogP contribution in [0.5, 0.6) is 0 Å². The summed E-state index contributed by atoms with van der Waals surface area (Å²) in [6.45, 7) is 3.88. The summed E-state index contributed by atoms with van der Waals surface area (Å²) in [5, 5.41) is 2.33. The fourth-order valence-corrected chi connectivity index (χ4v) is 2.48. The average molecular weight is 210 g/mol. The molecule has 1 aliphatic carbocycles. The third kappa shape index (κ3) is 2.56. The standard InChI is InChI=1S/C11H18N2O2/c1-2-3-11(4-5-11)8-13-6-9(14)12-10(15)7-13/h2-8H2,1H3,(H,12,14,15). The van der Waals surface area contributed by atoms with E-state index in [1.54, 1.807) is 0 Å². The molecule has 1 aliphatic heterocycles. The van der Waals surface area contributed by atoms with Crippen LogP contribution in [0.15, 0.2) is 0 Å². The Morgan fingerprint density at radius 2 is 1.87 bits per heavy atom. The largest absolute Gasteiger partial charge is 0.294 e. The second-order valence-electron chi connectivity index (χ2n) is 4.87. The number of piperazine rings is 1. The Morgan fingerprint density at radius 3 is 2.33 bits per heavy atom. The number of nitrogens with zero attached hydrogens (tertiary/aromatic N) is 1. The normalized spacial score (nSPS) is 25.1. The molecule has 2 rings (SSSR count). The first-order valence-electron chi connectivity index (χ1n) is 5.69. The molecule has 4 heteroatoms. The first kappa shape index (κ1) is 10.6. The van der Waals surface area contributed by atoms with Crippen molar-refractivity contribution in [2.45, 2.75) is 32.6 Å². The molecule has 0 atom stereocenters. The summed E-state index contributed by atoms with van der Waals surface area (Å²) in [6.07, 6.45) is 4.92. The zero-order valence-corrected chi connectivity index (χ0v) is 9.21. The van der Waals surface area contributed by atoms with Crippen molar-refractivity contribution in [1.82, 2.24) is 10.2 Å². The molecule has 1 heterocycles. The van der Waals surface area contributed by atoms with Crippen molar-refractivity contribution < 1.29 is 9.59 Å². The number of imide groups is 1. The van der Waals surface area contributed by atoms with Crippen LogP contribution in [0.3, 0.4) is 0 Å². The second-order valence-corrected chi connectivity index (χ2v) is 4.87. The van der Waals surface area contributed by atoms with Crippen LogP contribution in [-0.2, 0) is 9.59 Å². The Bertz CT molecular complexity index is 268. The first-order valence-corrected chi connectivity index (χ1v) is 5.69. The lowest BCUT2D eigenvalue weighted by atomic mass is 10.00. The van der Waals surface area contributed by atoms with Crippen molar-refractivity contribution in [3.63, 3.8) is 0 Å². The molecular weight excluding hydrogens is 192 g/mol. The molecular formula is C11H18N2O2. The summed E-state index contributed by atoms with van der Waals surface area (Å²) in [6, 6.07) is 0. The van der Waals surface area contributed by atoms with E-state index in [1.165, 1.54) is 25.7 Å². The molecule has 0 unspecified atom stereocenters. The van der Waals surface area contributed by atoms with E-state index in [0.717, 1.165) is 6.54 Å². The monoisotopic (exact) mass is 210 g/mol. The Hall–Kier alpha value is -0.900. The molecule has 0 aromatic heterocycles. The topological polar surface area (TPSA) is 49.4 Å². The van der Waals surface area contributed by atoms with Gasteiger partial charge in [-0.3, -0.25) is 19.8 Å². The predicted molar refractivity (Wildman–Crippen MR) is 56.2 cm³/mol. The molecule has 84 valence electrons. The maximum absolute atomic E-state index is 11.2. The number of hydrogen-bond acceptors (Lipinski definition) is 3.